The Morgan fingerprint density at radius 1 is 1.10 bits per heavy atom. The van der Waals surface area contributed by atoms with Gasteiger partial charge < -0.3 is 5.32 Å². The van der Waals surface area contributed by atoms with Crippen molar-refractivity contribution in [2.24, 2.45) is 0 Å². The van der Waals surface area contributed by atoms with Crippen molar-refractivity contribution >= 4 is 10.0 Å². The molecule has 0 radical (unpaired) electrons. The second-order valence-corrected chi connectivity index (χ2v) is 7.71. The summed E-state index contributed by atoms with van der Waals surface area (Å²) in [5.74, 6) is 0. The van der Waals surface area contributed by atoms with Crippen LogP contribution < -0.4 is 5.32 Å². The summed E-state index contributed by atoms with van der Waals surface area (Å²) < 4.78 is 27.5. The van der Waals surface area contributed by atoms with Crippen molar-refractivity contribution in [3.05, 3.63) is 29.3 Å². The first-order chi connectivity index (χ1) is 10.1. The maximum Gasteiger partial charge on any atom is 0.243 e. The number of hydrogen-bond acceptors (Lipinski definition) is 3. The number of rotatable bonds is 4. The molecule has 0 amide bonds. The molecular weight excluding hydrogens is 284 g/mol. The summed E-state index contributed by atoms with van der Waals surface area (Å²) in [5, 5.41) is 3.07. The normalized spacial score (nSPS) is 18.2. The van der Waals surface area contributed by atoms with Gasteiger partial charge in [-0.05, 0) is 44.0 Å². The van der Waals surface area contributed by atoms with Gasteiger partial charge in [-0.3, -0.25) is 0 Å². The van der Waals surface area contributed by atoms with E-state index >= 15 is 0 Å². The number of nitrogens with one attached hydrogen (secondary N) is 1. The number of sulfonamides is 1. The molecule has 0 spiro atoms. The maximum atomic E-state index is 12.9. The molecule has 1 fully saturated rings. The largest absolute Gasteiger partial charge is 0.316 e. The van der Waals surface area contributed by atoms with Crippen molar-refractivity contribution < 1.29 is 8.42 Å². The first-order valence-corrected chi connectivity index (χ1v) is 9.24. The molecular formula is C16H26N2O2S. The molecule has 1 saturated heterocycles. The van der Waals surface area contributed by atoms with Crippen LogP contribution in [0.25, 0.3) is 0 Å². The Bertz CT molecular complexity index is 562. The van der Waals surface area contributed by atoms with Crippen LogP contribution in [0.3, 0.4) is 0 Å². The standard InChI is InChI=1S/C16H26N2O2S/c1-14-8-9-15(13-17-2)12-16(14)21(19,20)18-10-6-4-3-5-7-11-18/h8-9,12,17H,3-7,10-11,13H2,1-2H3. The molecule has 1 aromatic carbocycles. The van der Waals surface area contributed by atoms with Gasteiger partial charge in [0, 0.05) is 19.6 Å². The molecule has 1 heterocycles. The van der Waals surface area contributed by atoms with Gasteiger partial charge >= 0.3 is 0 Å². The van der Waals surface area contributed by atoms with Gasteiger partial charge in [0.25, 0.3) is 0 Å². The van der Waals surface area contributed by atoms with Crippen LogP contribution in [0.2, 0.25) is 0 Å². The van der Waals surface area contributed by atoms with Crippen LogP contribution in [-0.4, -0.2) is 32.9 Å². The van der Waals surface area contributed by atoms with Gasteiger partial charge in [-0.15, -0.1) is 0 Å². The molecule has 0 atom stereocenters. The molecule has 1 aliphatic rings. The molecule has 1 N–H and O–H groups in total. The average molecular weight is 310 g/mol. The lowest BCUT2D eigenvalue weighted by molar-refractivity contribution is 0.364. The minimum Gasteiger partial charge on any atom is -0.316 e. The summed E-state index contributed by atoms with van der Waals surface area (Å²) in [7, 11) is -1.50. The molecule has 118 valence electrons. The first kappa shape index (κ1) is 16.5. The Morgan fingerprint density at radius 3 is 2.33 bits per heavy atom. The van der Waals surface area contributed by atoms with Crippen molar-refractivity contribution in [1.82, 2.24) is 9.62 Å². The van der Waals surface area contributed by atoms with Crippen LogP contribution >= 0.6 is 0 Å². The van der Waals surface area contributed by atoms with Crippen LogP contribution in [0.5, 0.6) is 0 Å². The highest BCUT2D eigenvalue weighted by Gasteiger charge is 2.26. The molecule has 4 nitrogen and oxygen atoms in total. The van der Waals surface area contributed by atoms with Crippen LogP contribution in [0, 0.1) is 6.92 Å². The highest BCUT2D eigenvalue weighted by molar-refractivity contribution is 7.89. The van der Waals surface area contributed by atoms with E-state index in [9.17, 15) is 8.42 Å². The van der Waals surface area contributed by atoms with Crippen LogP contribution in [0.15, 0.2) is 23.1 Å². The van der Waals surface area contributed by atoms with Crippen LogP contribution in [0.1, 0.15) is 43.2 Å². The molecule has 1 aromatic rings. The SMILES string of the molecule is CNCc1ccc(C)c(S(=O)(=O)N2CCCCCCC2)c1. The van der Waals surface area contributed by atoms with E-state index in [0.29, 0.717) is 24.5 Å². The predicted octanol–water partition coefficient (Wildman–Crippen LogP) is 2.67. The van der Waals surface area contributed by atoms with E-state index in [1.54, 1.807) is 4.31 Å². The molecule has 0 aromatic heterocycles. The van der Waals surface area contributed by atoms with E-state index in [1.807, 2.05) is 32.2 Å². The van der Waals surface area contributed by atoms with E-state index in [2.05, 4.69) is 5.32 Å². The summed E-state index contributed by atoms with van der Waals surface area (Å²) in [6.45, 7) is 3.86. The zero-order chi connectivity index (χ0) is 15.3. The fourth-order valence-electron chi connectivity index (χ4n) is 2.83. The molecule has 21 heavy (non-hydrogen) atoms. The molecule has 0 unspecified atom stereocenters. The zero-order valence-electron chi connectivity index (χ0n) is 13.1. The van der Waals surface area contributed by atoms with Crippen molar-refractivity contribution in [1.29, 1.82) is 0 Å². The van der Waals surface area contributed by atoms with Gasteiger partial charge in [0.2, 0.25) is 10.0 Å². The molecule has 0 bridgehead atoms. The minimum atomic E-state index is -3.37. The number of aryl methyl sites for hydroxylation is 1. The Balaban J connectivity index is 2.30. The molecule has 1 aliphatic heterocycles. The highest BCUT2D eigenvalue weighted by Crippen LogP contribution is 2.24. The van der Waals surface area contributed by atoms with Crippen molar-refractivity contribution in [2.45, 2.75) is 50.5 Å². The third-order valence-electron chi connectivity index (χ3n) is 4.07. The number of hydrogen-bond donors (Lipinski definition) is 1. The summed E-state index contributed by atoms with van der Waals surface area (Å²) in [6.07, 6.45) is 5.42. The maximum absolute atomic E-state index is 12.9. The summed E-state index contributed by atoms with van der Waals surface area (Å²) >= 11 is 0. The Labute approximate surface area is 128 Å². The lowest BCUT2D eigenvalue weighted by Crippen LogP contribution is -2.34. The van der Waals surface area contributed by atoms with Gasteiger partial charge in [0.15, 0.2) is 0 Å². The topological polar surface area (TPSA) is 49.4 Å². The minimum absolute atomic E-state index is 0.468. The monoisotopic (exact) mass is 310 g/mol. The summed E-state index contributed by atoms with van der Waals surface area (Å²) in [4.78, 5) is 0.468. The van der Waals surface area contributed by atoms with Gasteiger partial charge in [0.05, 0.1) is 4.90 Å². The Kier molecular flexibility index (Phi) is 5.79. The molecule has 2 rings (SSSR count). The Morgan fingerprint density at radius 2 is 1.71 bits per heavy atom. The number of benzene rings is 1. The Hall–Kier alpha value is -0.910. The summed E-state index contributed by atoms with van der Waals surface area (Å²) in [6, 6.07) is 5.71. The molecule has 0 aliphatic carbocycles. The summed E-state index contributed by atoms with van der Waals surface area (Å²) in [5.41, 5.74) is 1.84. The molecule has 0 saturated carbocycles. The molecule has 5 heteroatoms. The van der Waals surface area contributed by atoms with Gasteiger partial charge in [0.1, 0.15) is 0 Å². The van der Waals surface area contributed by atoms with E-state index in [-0.39, 0.29) is 0 Å². The van der Waals surface area contributed by atoms with Crippen LogP contribution in [0.4, 0.5) is 0 Å². The lowest BCUT2D eigenvalue weighted by Gasteiger charge is -2.25. The smallest absolute Gasteiger partial charge is 0.243 e. The lowest BCUT2D eigenvalue weighted by atomic mass is 10.1. The van der Waals surface area contributed by atoms with E-state index < -0.39 is 10.0 Å². The van der Waals surface area contributed by atoms with E-state index in [1.165, 1.54) is 6.42 Å². The van der Waals surface area contributed by atoms with Crippen molar-refractivity contribution in [2.75, 3.05) is 20.1 Å². The third kappa shape index (κ3) is 4.05. The van der Waals surface area contributed by atoms with Crippen molar-refractivity contribution in [3.63, 3.8) is 0 Å². The fourth-order valence-corrected chi connectivity index (χ4v) is 4.63. The number of nitrogens with zero attached hydrogens (tertiary/aromatic N) is 1. The van der Waals surface area contributed by atoms with Crippen molar-refractivity contribution in [3.8, 4) is 0 Å². The van der Waals surface area contributed by atoms with Gasteiger partial charge in [-0.2, -0.15) is 4.31 Å². The second kappa shape index (κ2) is 7.38. The highest BCUT2D eigenvalue weighted by atomic mass is 32.2. The second-order valence-electron chi connectivity index (χ2n) is 5.80. The fraction of sp³-hybridized carbons (Fsp3) is 0.625. The first-order valence-electron chi connectivity index (χ1n) is 7.80. The van der Waals surface area contributed by atoms with Crippen LogP contribution in [-0.2, 0) is 16.6 Å². The van der Waals surface area contributed by atoms with Gasteiger partial charge in [-0.1, -0.05) is 31.4 Å². The predicted molar refractivity (Wildman–Crippen MR) is 85.8 cm³/mol. The zero-order valence-corrected chi connectivity index (χ0v) is 13.9. The van der Waals surface area contributed by atoms with Gasteiger partial charge in [-0.25, -0.2) is 8.42 Å². The quantitative estimate of drug-likeness (QED) is 0.930. The third-order valence-corrected chi connectivity index (χ3v) is 6.11. The van der Waals surface area contributed by atoms with E-state index in [4.69, 9.17) is 0 Å². The average Bonchev–Trinajstić information content (AvgIpc) is 2.40. The van der Waals surface area contributed by atoms with E-state index in [0.717, 1.165) is 36.8 Å².